The predicted molar refractivity (Wildman–Crippen MR) is 164 cm³/mol. The average Bonchev–Trinajstić information content (AvgIpc) is 3.36. The Balaban J connectivity index is 0.000000185. The Hall–Kier alpha value is -5.07. The van der Waals surface area contributed by atoms with Crippen molar-refractivity contribution >= 4 is 47.3 Å². The zero-order chi connectivity index (χ0) is 34.7. The quantitative estimate of drug-likeness (QED) is 0.470. The van der Waals surface area contributed by atoms with Crippen LogP contribution in [-0.2, 0) is 30.0 Å². The number of fused-ring (bicyclic) bond motifs is 2. The number of amides is 8. The number of nitrogens with zero attached hydrogens (tertiary/aromatic N) is 2. The van der Waals surface area contributed by atoms with Crippen molar-refractivity contribution in [2.24, 2.45) is 0 Å². The molecule has 2 aromatic rings. The van der Waals surface area contributed by atoms with Crippen LogP contribution in [-0.4, -0.2) is 69.1 Å². The molecule has 4 aliphatic heterocycles. The van der Waals surface area contributed by atoms with Crippen LogP contribution in [0.5, 0.6) is 0 Å². The van der Waals surface area contributed by atoms with Gasteiger partial charge in [-0.3, -0.25) is 58.8 Å². The molecule has 0 aliphatic carbocycles. The van der Waals surface area contributed by atoms with Crippen LogP contribution < -0.4 is 10.6 Å². The highest BCUT2D eigenvalue weighted by Crippen LogP contribution is 2.36. The number of nitrogens with one attached hydrogen (secondary N) is 2. The number of carbonyl (C=O) groups is 8. The smallest absolute Gasteiger partial charge is 0.262 e. The molecule has 0 saturated carbocycles. The fourth-order valence-electron chi connectivity index (χ4n) is 6.21. The summed E-state index contributed by atoms with van der Waals surface area (Å²) < 4.78 is 14.3. The monoisotopic (exact) mass is 646 g/mol. The molecule has 6 rings (SSSR count). The third kappa shape index (κ3) is 5.85. The highest BCUT2D eigenvalue weighted by Gasteiger charge is 2.47. The molecule has 4 heterocycles. The number of halogens is 1. The van der Waals surface area contributed by atoms with Crippen LogP contribution in [0.1, 0.15) is 120 Å². The molecule has 0 radical (unpaired) electrons. The lowest BCUT2D eigenvalue weighted by Gasteiger charge is -2.28. The normalized spacial score (nSPS) is 21.3. The van der Waals surface area contributed by atoms with Gasteiger partial charge in [-0.1, -0.05) is 53.7 Å². The molecule has 2 atom stereocenters. The Morgan fingerprint density at radius 3 is 1.53 bits per heavy atom. The Morgan fingerprint density at radius 2 is 1.06 bits per heavy atom. The summed E-state index contributed by atoms with van der Waals surface area (Å²) in [5, 5.41) is 4.32. The van der Waals surface area contributed by atoms with E-state index >= 15 is 0 Å². The molecule has 2 saturated heterocycles. The summed E-state index contributed by atoms with van der Waals surface area (Å²) in [4.78, 5) is 99.0. The molecule has 2 N–H and O–H groups in total. The van der Waals surface area contributed by atoms with Gasteiger partial charge in [-0.05, 0) is 53.0 Å². The topological polar surface area (TPSA) is 167 Å². The van der Waals surface area contributed by atoms with Gasteiger partial charge >= 0.3 is 0 Å². The highest BCUT2D eigenvalue weighted by atomic mass is 19.1. The summed E-state index contributed by atoms with van der Waals surface area (Å²) in [6, 6.07) is 5.66. The summed E-state index contributed by atoms with van der Waals surface area (Å²) in [5.74, 6) is -4.90. The molecule has 8 amide bonds. The molecule has 47 heavy (non-hydrogen) atoms. The molecule has 2 fully saturated rings. The maximum Gasteiger partial charge on any atom is 0.262 e. The molecule has 0 spiro atoms. The third-order valence-corrected chi connectivity index (χ3v) is 8.61. The molecule has 246 valence electrons. The second-order valence-corrected chi connectivity index (χ2v) is 14.0. The summed E-state index contributed by atoms with van der Waals surface area (Å²) >= 11 is 0. The predicted octanol–water partition coefficient (Wildman–Crippen LogP) is 2.91. The molecule has 13 heteroatoms. The Morgan fingerprint density at radius 1 is 0.617 bits per heavy atom. The zero-order valence-electron chi connectivity index (χ0n) is 26.9. The van der Waals surface area contributed by atoms with E-state index in [0.29, 0.717) is 16.7 Å². The number of hydrogen-bond donors (Lipinski definition) is 2. The second kappa shape index (κ2) is 11.6. The molecular formula is C34H35FN4O8. The van der Waals surface area contributed by atoms with Crippen molar-refractivity contribution < 1.29 is 42.7 Å². The van der Waals surface area contributed by atoms with Gasteiger partial charge in [0.25, 0.3) is 23.6 Å². The summed E-state index contributed by atoms with van der Waals surface area (Å²) in [5.41, 5.74) is 1.01. The largest absolute Gasteiger partial charge is 0.295 e. The SMILES string of the molecule is CC(C)(C)c1cc2c(cc1F)C(=O)N(C1CCC(=O)NC1=O)C2=O.CC(C)(C)c1cccc2c1C(=O)N(C1CCC(=O)NC1=O)C2=O. The van der Waals surface area contributed by atoms with Gasteiger partial charge in [-0.15, -0.1) is 0 Å². The van der Waals surface area contributed by atoms with Gasteiger partial charge in [0.1, 0.15) is 17.9 Å². The minimum absolute atomic E-state index is 0.0461. The van der Waals surface area contributed by atoms with Crippen LogP contribution in [0.15, 0.2) is 30.3 Å². The van der Waals surface area contributed by atoms with Crippen molar-refractivity contribution in [2.75, 3.05) is 0 Å². The molecule has 0 aromatic heterocycles. The van der Waals surface area contributed by atoms with Crippen LogP contribution in [0.3, 0.4) is 0 Å². The minimum atomic E-state index is -1.05. The van der Waals surface area contributed by atoms with Crippen molar-refractivity contribution in [3.05, 3.63) is 69.5 Å². The van der Waals surface area contributed by atoms with E-state index in [1.54, 1.807) is 32.9 Å². The van der Waals surface area contributed by atoms with E-state index < -0.39 is 64.7 Å². The van der Waals surface area contributed by atoms with E-state index in [1.165, 1.54) is 6.07 Å². The number of piperidine rings is 2. The lowest BCUT2D eigenvalue weighted by Crippen LogP contribution is -2.54. The van der Waals surface area contributed by atoms with Crippen molar-refractivity contribution in [2.45, 2.75) is 90.1 Å². The molecular weight excluding hydrogens is 611 g/mol. The summed E-state index contributed by atoms with van der Waals surface area (Å²) in [6.45, 7) is 11.3. The molecule has 2 unspecified atom stereocenters. The maximum absolute atomic E-state index is 14.3. The first-order chi connectivity index (χ1) is 21.8. The Labute approximate surface area is 270 Å². The highest BCUT2D eigenvalue weighted by molar-refractivity contribution is 6.25. The van der Waals surface area contributed by atoms with Gasteiger partial charge < -0.3 is 0 Å². The van der Waals surface area contributed by atoms with E-state index in [-0.39, 0.29) is 48.1 Å². The van der Waals surface area contributed by atoms with Gasteiger partial charge in [0.05, 0.1) is 22.3 Å². The van der Waals surface area contributed by atoms with Gasteiger partial charge in [-0.25, -0.2) is 4.39 Å². The lowest BCUT2D eigenvalue weighted by atomic mass is 9.82. The fraction of sp³-hybridized carbons (Fsp3) is 0.412. The first kappa shape index (κ1) is 33.3. The molecule has 4 aliphatic rings. The molecule has 2 aromatic carbocycles. The van der Waals surface area contributed by atoms with Crippen LogP contribution in [0, 0.1) is 5.82 Å². The van der Waals surface area contributed by atoms with Gasteiger partial charge in [0.2, 0.25) is 23.6 Å². The van der Waals surface area contributed by atoms with E-state index in [2.05, 4.69) is 10.6 Å². The lowest BCUT2D eigenvalue weighted by molar-refractivity contribution is -0.137. The Bertz CT molecular complexity index is 1800. The summed E-state index contributed by atoms with van der Waals surface area (Å²) in [6.07, 6.45) is 0.410. The van der Waals surface area contributed by atoms with Gasteiger partial charge in [0, 0.05) is 12.8 Å². The average molecular weight is 647 g/mol. The van der Waals surface area contributed by atoms with Crippen molar-refractivity contribution in [1.29, 1.82) is 0 Å². The standard InChI is InChI=1S/C17H17FN2O4.C17H18N2O4/c1-17(2,3)10-6-8-9(7-11(10)18)16(24)20(15(8)23)12-4-5-13(21)19-14(12)22;1-17(2,3)10-6-4-5-9-13(10)16(23)19(15(9)22)11-7-8-12(20)18-14(11)21/h6-7,12H,4-5H2,1-3H3,(H,19,21,22);4-6,11H,7-8H2,1-3H3,(H,18,20,21). The van der Waals surface area contributed by atoms with Crippen LogP contribution >= 0.6 is 0 Å². The van der Waals surface area contributed by atoms with Crippen LogP contribution in [0.4, 0.5) is 4.39 Å². The number of imide groups is 4. The number of hydrogen-bond acceptors (Lipinski definition) is 8. The minimum Gasteiger partial charge on any atom is -0.295 e. The van der Waals surface area contributed by atoms with Crippen molar-refractivity contribution in [1.82, 2.24) is 20.4 Å². The third-order valence-electron chi connectivity index (χ3n) is 8.61. The number of carbonyl (C=O) groups excluding carboxylic acids is 8. The number of rotatable bonds is 2. The van der Waals surface area contributed by atoms with Crippen LogP contribution in [0.2, 0.25) is 0 Å². The maximum atomic E-state index is 14.3. The zero-order valence-corrected chi connectivity index (χ0v) is 26.9. The first-order valence-corrected chi connectivity index (χ1v) is 15.2. The van der Waals surface area contributed by atoms with E-state index in [1.807, 2.05) is 26.8 Å². The second-order valence-electron chi connectivity index (χ2n) is 14.0. The van der Waals surface area contributed by atoms with Gasteiger partial charge in [-0.2, -0.15) is 0 Å². The van der Waals surface area contributed by atoms with Crippen molar-refractivity contribution in [3.8, 4) is 0 Å². The van der Waals surface area contributed by atoms with Crippen molar-refractivity contribution in [3.63, 3.8) is 0 Å². The van der Waals surface area contributed by atoms with E-state index in [4.69, 9.17) is 0 Å². The van der Waals surface area contributed by atoms with Gasteiger partial charge in [0.15, 0.2) is 0 Å². The summed E-state index contributed by atoms with van der Waals surface area (Å²) in [7, 11) is 0. The van der Waals surface area contributed by atoms with E-state index in [0.717, 1.165) is 21.4 Å². The number of benzene rings is 2. The van der Waals surface area contributed by atoms with Crippen LogP contribution in [0.25, 0.3) is 0 Å². The van der Waals surface area contributed by atoms with E-state index in [9.17, 15) is 42.7 Å². The fourth-order valence-corrected chi connectivity index (χ4v) is 6.21. The molecule has 0 bridgehead atoms. The molecule has 12 nitrogen and oxygen atoms in total. The Kier molecular flexibility index (Phi) is 8.23. The first-order valence-electron chi connectivity index (χ1n) is 15.2.